The molecule has 0 saturated carbocycles. The van der Waals surface area contributed by atoms with Crippen LogP contribution in [0.3, 0.4) is 0 Å². The highest BCUT2D eigenvalue weighted by Gasteiger charge is 2.16. The van der Waals surface area contributed by atoms with Gasteiger partial charge in [0.1, 0.15) is 5.82 Å². The molecule has 0 bridgehead atoms. The third-order valence-corrected chi connectivity index (χ3v) is 3.63. The predicted octanol–water partition coefficient (Wildman–Crippen LogP) is 1.04. The van der Waals surface area contributed by atoms with Gasteiger partial charge in [0.25, 0.3) is 0 Å². The van der Waals surface area contributed by atoms with Gasteiger partial charge in [-0.3, -0.25) is 9.13 Å². The van der Waals surface area contributed by atoms with Crippen LogP contribution in [-0.2, 0) is 26.1 Å². The van der Waals surface area contributed by atoms with Gasteiger partial charge in [0, 0.05) is 31.9 Å². The summed E-state index contributed by atoms with van der Waals surface area (Å²) in [5.41, 5.74) is 0.0370. The number of imidazole rings is 1. The first-order valence-electron chi connectivity index (χ1n) is 6.96. The molecular formula is C13H19N5O. The molecule has 0 unspecified atom stereocenters. The van der Waals surface area contributed by atoms with Gasteiger partial charge < -0.3 is 4.57 Å². The van der Waals surface area contributed by atoms with E-state index in [0.29, 0.717) is 6.54 Å². The van der Waals surface area contributed by atoms with E-state index >= 15 is 0 Å². The van der Waals surface area contributed by atoms with Crippen LogP contribution in [0.2, 0.25) is 0 Å². The lowest BCUT2D eigenvalue weighted by molar-refractivity contribution is 0.498. The first-order chi connectivity index (χ1) is 9.29. The van der Waals surface area contributed by atoms with Gasteiger partial charge in [0.2, 0.25) is 0 Å². The van der Waals surface area contributed by atoms with Crippen LogP contribution in [0, 0.1) is 0 Å². The molecule has 3 rings (SSSR count). The number of aryl methyl sites for hydroxylation is 2. The Balaban J connectivity index is 1.85. The van der Waals surface area contributed by atoms with Crippen LogP contribution >= 0.6 is 0 Å². The van der Waals surface area contributed by atoms with Crippen molar-refractivity contribution in [1.82, 2.24) is 23.9 Å². The zero-order valence-electron chi connectivity index (χ0n) is 11.2. The van der Waals surface area contributed by atoms with E-state index in [1.807, 2.05) is 12.4 Å². The molecule has 6 heteroatoms. The summed E-state index contributed by atoms with van der Waals surface area (Å²) in [7, 11) is 0. The molecule has 1 aliphatic heterocycles. The van der Waals surface area contributed by atoms with Gasteiger partial charge in [-0.05, 0) is 19.3 Å². The molecule has 0 saturated heterocycles. The molecule has 0 radical (unpaired) electrons. The van der Waals surface area contributed by atoms with Crippen LogP contribution < -0.4 is 5.69 Å². The molecular weight excluding hydrogens is 242 g/mol. The third kappa shape index (κ3) is 2.22. The largest absolute Gasteiger partial charge is 0.328 e. The first-order valence-corrected chi connectivity index (χ1v) is 6.96. The number of fused-ring (bicyclic) bond motifs is 1. The van der Waals surface area contributed by atoms with Crippen molar-refractivity contribution >= 4 is 0 Å². The van der Waals surface area contributed by atoms with Gasteiger partial charge in [-0.15, -0.1) is 10.2 Å². The molecule has 0 N–H and O–H groups in total. The van der Waals surface area contributed by atoms with Crippen LogP contribution in [-0.4, -0.2) is 23.9 Å². The SMILES string of the molecule is CCCn1ccn(Cc2nnc3n2CCCC3)c1=O. The maximum Gasteiger partial charge on any atom is 0.328 e. The van der Waals surface area contributed by atoms with E-state index in [1.54, 1.807) is 9.13 Å². The van der Waals surface area contributed by atoms with Crippen LogP contribution in [0.1, 0.15) is 37.8 Å². The normalized spacial score (nSPS) is 14.6. The fourth-order valence-electron chi connectivity index (χ4n) is 2.62. The second kappa shape index (κ2) is 5.03. The summed E-state index contributed by atoms with van der Waals surface area (Å²) in [5.74, 6) is 1.95. The zero-order chi connectivity index (χ0) is 13.2. The average Bonchev–Trinajstić information content (AvgIpc) is 2.98. The molecule has 1 aliphatic rings. The molecule has 102 valence electrons. The second-order valence-electron chi connectivity index (χ2n) is 5.04. The van der Waals surface area contributed by atoms with Gasteiger partial charge in [-0.2, -0.15) is 0 Å². The first kappa shape index (κ1) is 12.2. The molecule has 0 aliphatic carbocycles. The van der Waals surface area contributed by atoms with E-state index < -0.39 is 0 Å². The molecule has 0 atom stereocenters. The van der Waals surface area contributed by atoms with E-state index in [0.717, 1.165) is 37.6 Å². The van der Waals surface area contributed by atoms with Crippen molar-refractivity contribution in [2.45, 2.75) is 52.2 Å². The minimum atomic E-state index is 0.0370. The molecule has 0 amide bonds. The summed E-state index contributed by atoms with van der Waals surface area (Å²) >= 11 is 0. The summed E-state index contributed by atoms with van der Waals surface area (Å²) < 4.78 is 5.61. The van der Waals surface area contributed by atoms with E-state index in [-0.39, 0.29) is 5.69 Å². The van der Waals surface area contributed by atoms with Crippen molar-refractivity contribution in [3.8, 4) is 0 Å². The number of aromatic nitrogens is 5. The van der Waals surface area contributed by atoms with Crippen LogP contribution in [0.5, 0.6) is 0 Å². The van der Waals surface area contributed by atoms with E-state index in [2.05, 4.69) is 21.7 Å². The lowest BCUT2D eigenvalue weighted by atomic mass is 10.2. The Morgan fingerprint density at radius 2 is 2.05 bits per heavy atom. The maximum absolute atomic E-state index is 12.1. The van der Waals surface area contributed by atoms with Crippen molar-refractivity contribution in [2.24, 2.45) is 0 Å². The monoisotopic (exact) mass is 261 g/mol. The summed E-state index contributed by atoms with van der Waals surface area (Å²) in [6.07, 6.45) is 8.00. The van der Waals surface area contributed by atoms with Crippen LogP contribution in [0.4, 0.5) is 0 Å². The van der Waals surface area contributed by atoms with Gasteiger partial charge in [0.05, 0.1) is 6.54 Å². The van der Waals surface area contributed by atoms with Crippen LogP contribution in [0.25, 0.3) is 0 Å². The number of hydrogen-bond acceptors (Lipinski definition) is 3. The van der Waals surface area contributed by atoms with Gasteiger partial charge in [-0.1, -0.05) is 6.92 Å². The van der Waals surface area contributed by atoms with Crippen molar-refractivity contribution in [1.29, 1.82) is 0 Å². The van der Waals surface area contributed by atoms with Gasteiger partial charge >= 0.3 is 5.69 Å². The molecule has 3 heterocycles. The molecule has 19 heavy (non-hydrogen) atoms. The minimum Gasteiger partial charge on any atom is -0.313 e. The number of rotatable bonds is 4. The Morgan fingerprint density at radius 3 is 2.89 bits per heavy atom. The van der Waals surface area contributed by atoms with E-state index in [1.165, 1.54) is 12.8 Å². The fourth-order valence-corrected chi connectivity index (χ4v) is 2.62. The molecule has 0 aromatic carbocycles. The van der Waals surface area contributed by atoms with Crippen molar-refractivity contribution in [3.63, 3.8) is 0 Å². The average molecular weight is 261 g/mol. The third-order valence-electron chi connectivity index (χ3n) is 3.63. The molecule has 2 aromatic rings. The number of nitrogens with zero attached hydrogens (tertiary/aromatic N) is 5. The Morgan fingerprint density at radius 1 is 1.21 bits per heavy atom. The minimum absolute atomic E-state index is 0.0370. The molecule has 2 aromatic heterocycles. The van der Waals surface area contributed by atoms with Crippen molar-refractivity contribution in [3.05, 3.63) is 34.5 Å². The summed E-state index contributed by atoms with van der Waals surface area (Å²) in [5, 5.41) is 8.45. The Kier molecular flexibility index (Phi) is 3.23. The lowest BCUT2D eigenvalue weighted by Crippen LogP contribution is -2.26. The van der Waals surface area contributed by atoms with Crippen LogP contribution in [0.15, 0.2) is 17.2 Å². The van der Waals surface area contributed by atoms with Gasteiger partial charge in [0.15, 0.2) is 5.82 Å². The molecule has 0 spiro atoms. The Labute approximate surface area is 111 Å². The van der Waals surface area contributed by atoms with E-state index in [4.69, 9.17) is 0 Å². The Hall–Kier alpha value is -1.85. The Bertz CT molecular complexity index is 621. The maximum atomic E-state index is 12.1. The lowest BCUT2D eigenvalue weighted by Gasteiger charge is -2.14. The summed E-state index contributed by atoms with van der Waals surface area (Å²) in [4.78, 5) is 12.1. The fraction of sp³-hybridized carbons (Fsp3) is 0.615. The highest BCUT2D eigenvalue weighted by molar-refractivity contribution is 5.00. The summed E-state index contributed by atoms with van der Waals surface area (Å²) in [6.45, 7) is 4.33. The zero-order valence-corrected chi connectivity index (χ0v) is 11.2. The van der Waals surface area contributed by atoms with Gasteiger partial charge in [-0.25, -0.2) is 4.79 Å². The van der Waals surface area contributed by atoms with Crippen molar-refractivity contribution < 1.29 is 0 Å². The highest BCUT2D eigenvalue weighted by Crippen LogP contribution is 2.14. The quantitative estimate of drug-likeness (QED) is 0.826. The molecule has 0 fully saturated rings. The molecule has 6 nitrogen and oxygen atoms in total. The number of hydrogen-bond donors (Lipinski definition) is 0. The summed E-state index contributed by atoms with van der Waals surface area (Å²) in [6, 6.07) is 0. The predicted molar refractivity (Wildman–Crippen MR) is 71.0 cm³/mol. The second-order valence-corrected chi connectivity index (χ2v) is 5.04. The van der Waals surface area contributed by atoms with Crippen molar-refractivity contribution in [2.75, 3.05) is 0 Å². The smallest absolute Gasteiger partial charge is 0.313 e. The highest BCUT2D eigenvalue weighted by atomic mass is 16.1. The standard InChI is InChI=1S/C13H19N5O/c1-2-6-16-8-9-17(13(16)19)10-12-15-14-11-5-3-4-7-18(11)12/h8-9H,2-7,10H2,1H3. The topological polar surface area (TPSA) is 57.6 Å². The van der Waals surface area contributed by atoms with E-state index in [9.17, 15) is 4.79 Å².